The second kappa shape index (κ2) is 8.08. The maximum atomic E-state index is 13.0. The third-order valence-corrected chi connectivity index (χ3v) is 4.95. The van der Waals surface area contributed by atoms with Gasteiger partial charge < -0.3 is 15.2 Å². The minimum Gasteiger partial charge on any atom is -0.369 e. The Balaban J connectivity index is 1.61. The molecule has 0 aliphatic carbocycles. The molecule has 4 aromatic rings. The van der Waals surface area contributed by atoms with E-state index in [1.165, 1.54) is 12.1 Å². The monoisotopic (exact) mass is 400 g/mol. The lowest BCUT2D eigenvalue weighted by Gasteiger charge is -2.22. The normalized spacial score (nSPS) is 10.7. The number of nitro benzene ring substituents is 1. The molecule has 3 aromatic carbocycles. The molecule has 0 saturated carbocycles. The van der Waals surface area contributed by atoms with Gasteiger partial charge in [0.05, 0.1) is 21.9 Å². The zero-order valence-electron chi connectivity index (χ0n) is 16.3. The molecule has 1 aromatic heterocycles. The fraction of sp³-hybridized carbons (Fsp3) is 0.0870. The van der Waals surface area contributed by atoms with Crippen molar-refractivity contribution in [2.75, 3.05) is 17.3 Å². The second-order valence-electron chi connectivity index (χ2n) is 7.00. The van der Waals surface area contributed by atoms with Crippen LogP contribution >= 0.6 is 0 Å². The standard InChI is InChI=1S/C23H20N4O3/c1-26(15-16-7-3-2-4-8-16)22-10-6-5-9-21(22)25-23(28)19-14-24-20-12-11-17(27(29)30)13-18(19)20/h2-14,24H,15H2,1H3,(H,25,28). The number of aromatic nitrogens is 1. The first-order valence-electron chi connectivity index (χ1n) is 9.44. The fourth-order valence-electron chi connectivity index (χ4n) is 3.45. The lowest BCUT2D eigenvalue weighted by molar-refractivity contribution is -0.384. The number of para-hydroxylation sites is 2. The maximum absolute atomic E-state index is 13.0. The Labute approximate surface area is 173 Å². The van der Waals surface area contributed by atoms with Crippen molar-refractivity contribution in [2.45, 2.75) is 6.54 Å². The Hall–Kier alpha value is -4.13. The molecule has 0 bridgehead atoms. The Morgan fingerprint density at radius 1 is 1.07 bits per heavy atom. The fourth-order valence-corrected chi connectivity index (χ4v) is 3.45. The summed E-state index contributed by atoms with van der Waals surface area (Å²) in [6.07, 6.45) is 1.57. The molecular formula is C23H20N4O3. The molecule has 30 heavy (non-hydrogen) atoms. The Kier molecular flexibility index (Phi) is 5.17. The van der Waals surface area contributed by atoms with Crippen LogP contribution in [0.1, 0.15) is 15.9 Å². The minimum atomic E-state index is -0.470. The van der Waals surface area contributed by atoms with Crippen LogP contribution in [-0.4, -0.2) is 22.9 Å². The number of aromatic amines is 1. The van der Waals surface area contributed by atoms with Gasteiger partial charge in [-0.3, -0.25) is 14.9 Å². The van der Waals surface area contributed by atoms with Gasteiger partial charge in [-0.2, -0.15) is 0 Å². The van der Waals surface area contributed by atoms with Crippen LogP contribution in [0.3, 0.4) is 0 Å². The van der Waals surface area contributed by atoms with Crippen LogP contribution in [0.2, 0.25) is 0 Å². The molecule has 0 unspecified atom stereocenters. The largest absolute Gasteiger partial charge is 0.369 e. The van der Waals surface area contributed by atoms with Crippen molar-refractivity contribution in [2.24, 2.45) is 0 Å². The highest BCUT2D eigenvalue weighted by atomic mass is 16.6. The van der Waals surface area contributed by atoms with Gasteiger partial charge in [-0.1, -0.05) is 42.5 Å². The van der Waals surface area contributed by atoms with Crippen LogP contribution in [0, 0.1) is 10.1 Å². The van der Waals surface area contributed by atoms with E-state index < -0.39 is 4.92 Å². The number of hydrogen-bond acceptors (Lipinski definition) is 4. The molecule has 1 heterocycles. The number of nitrogens with one attached hydrogen (secondary N) is 2. The number of amides is 1. The Morgan fingerprint density at radius 2 is 1.80 bits per heavy atom. The third kappa shape index (κ3) is 3.86. The lowest BCUT2D eigenvalue weighted by atomic mass is 10.1. The van der Waals surface area contributed by atoms with Crippen LogP contribution in [0.15, 0.2) is 79.0 Å². The summed E-state index contributed by atoms with van der Waals surface area (Å²) in [5.41, 5.74) is 3.67. The molecule has 4 rings (SSSR count). The first-order valence-corrected chi connectivity index (χ1v) is 9.44. The minimum absolute atomic E-state index is 0.0563. The third-order valence-electron chi connectivity index (χ3n) is 4.95. The summed E-state index contributed by atoms with van der Waals surface area (Å²) < 4.78 is 0. The zero-order chi connectivity index (χ0) is 21.1. The van der Waals surface area contributed by atoms with E-state index in [-0.39, 0.29) is 11.6 Å². The molecule has 7 heteroatoms. The SMILES string of the molecule is CN(Cc1ccccc1)c1ccccc1NC(=O)c1c[nH]c2ccc([N+](=O)[O-])cc12. The number of carbonyl (C=O) groups excluding carboxylic acids is 1. The van der Waals surface area contributed by atoms with Crippen molar-refractivity contribution in [1.82, 2.24) is 4.98 Å². The summed E-state index contributed by atoms with van der Waals surface area (Å²) in [6, 6.07) is 22.0. The number of nitrogens with zero attached hydrogens (tertiary/aromatic N) is 2. The number of anilines is 2. The first kappa shape index (κ1) is 19.2. The van der Waals surface area contributed by atoms with Gasteiger partial charge in [-0.05, 0) is 23.8 Å². The molecule has 2 N–H and O–H groups in total. The molecule has 7 nitrogen and oxygen atoms in total. The van der Waals surface area contributed by atoms with E-state index in [2.05, 4.69) is 27.3 Å². The van der Waals surface area contributed by atoms with Crippen LogP contribution in [-0.2, 0) is 6.54 Å². The van der Waals surface area contributed by atoms with Crippen LogP contribution in [0.4, 0.5) is 17.1 Å². The number of H-pyrrole nitrogens is 1. The number of non-ortho nitro benzene ring substituents is 1. The smallest absolute Gasteiger partial charge is 0.270 e. The number of benzene rings is 3. The number of hydrogen-bond donors (Lipinski definition) is 2. The summed E-state index contributed by atoms with van der Waals surface area (Å²) in [4.78, 5) is 28.7. The van der Waals surface area contributed by atoms with Crippen LogP contribution < -0.4 is 10.2 Å². The molecule has 1 amide bonds. The molecule has 0 aliphatic rings. The molecular weight excluding hydrogens is 380 g/mol. The molecule has 0 atom stereocenters. The van der Waals surface area contributed by atoms with E-state index in [4.69, 9.17) is 0 Å². The van der Waals surface area contributed by atoms with E-state index >= 15 is 0 Å². The van der Waals surface area contributed by atoms with Crippen LogP contribution in [0.25, 0.3) is 10.9 Å². The van der Waals surface area contributed by atoms with E-state index in [9.17, 15) is 14.9 Å². The van der Waals surface area contributed by atoms with Gasteiger partial charge >= 0.3 is 0 Å². The maximum Gasteiger partial charge on any atom is 0.270 e. The van der Waals surface area contributed by atoms with E-state index in [0.29, 0.717) is 28.7 Å². The summed E-state index contributed by atoms with van der Waals surface area (Å²) >= 11 is 0. The zero-order valence-corrected chi connectivity index (χ0v) is 16.3. The predicted octanol–water partition coefficient (Wildman–Crippen LogP) is 4.96. The molecule has 0 aliphatic heterocycles. The number of nitro groups is 1. The average Bonchev–Trinajstić information content (AvgIpc) is 3.18. The first-order chi connectivity index (χ1) is 14.5. The van der Waals surface area contributed by atoms with Crippen molar-refractivity contribution in [3.63, 3.8) is 0 Å². The highest BCUT2D eigenvalue weighted by molar-refractivity contribution is 6.14. The molecule has 0 fully saturated rings. The molecule has 0 radical (unpaired) electrons. The van der Waals surface area contributed by atoms with Crippen molar-refractivity contribution >= 4 is 33.9 Å². The van der Waals surface area contributed by atoms with Gasteiger partial charge in [0, 0.05) is 42.8 Å². The van der Waals surface area contributed by atoms with Gasteiger partial charge in [-0.15, -0.1) is 0 Å². The van der Waals surface area contributed by atoms with E-state index in [1.54, 1.807) is 12.3 Å². The molecule has 0 saturated heterocycles. The quantitative estimate of drug-likeness (QED) is 0.353. The molecule has 150 valence electrons. The number of carbonyl (C=O) groups is 1. The van der Waals surface area contributed by atoms with Crippen molar-refractivity contribution in [3.8, 4) is 0 Å². The number of rotatable bonds is 6. The second-order valence-corrected chi connectivity index (χ2v) is 7.00. The van der Waals surface area contributed by atoms with Gasteiger partial charge in [0.15, 0.2) is 0 Å². The Morgan fingerprint density at radius 3 is 2.57 bits per heavy atom. The lowest BCUT2D eigenvalue weighted by Crippen LogP contribution is -2.20. The van der Waals surface area contributed by atoms with Crippen molar-refractivity contribution in [1.29, 1.82) is 0 Å². The highest BCUT2D eigenvalue weighted by Crippen LogP contribution is 2.28. The highest BCUT2D eigenvalue weighted by Gasteiger charge is 2.17. The van der Waals surface area contributed by atoms with Gasteiger partial charge in [0.2, 0.25) is 0 Å². The van der Waals surface area contributed by atoms with Gasteiger partial charge in [-0.25, -0.2) is 0 Å². The number of fused-ring (bicyclic) bond motifs is 1. The summed E-state index contributed by atoms with van der Waals surface area (Å²) in [5.74, 6) is -0.331. The topological polar surface area (TPSA) is 91.3 Å². The van der Waals surface area contributed by atoms with E-state index in [0.717, 1.165) is 11.3 Å². The van der Waals surface area contributed by atoms with Crippen molar-refractivity contribution < 1.29 is 9.72 Å². The average molecular weight is 400 g/mol. The summed E-state index contributed by atoms with van der Waals surface area (Å²) in [7, 11) is 1.97. The summed E-state index contributed by atoms with van der Waals surface area (Å²) in [6.45, 7) is 0.688. The van der Waals surface area contributed by atoms with Crippen LogP contribution in [0.5, 0.6) is 0 Å². The predicted molar refractivity (Wildman–Crippen MR) is 118 cm³/mol. The van der Waals surface area contributed by atoms with Gasteiger partial charge in [0.25, 0.3) is 11.6 Å². The van der Waals surface area contributed by atoms with E-state index in [1.807, 2.05) is 49.5 Å². The molecule has 0 spiro atoms. The summed E-state index contributed by atoms with van der Waals surface area (Å²) in [5, 5.41) is 14.6. The Bertz CT molecular complexity index is 1220. The van der Waals surface area contributed by atoms with Crippen molar-refractivity contribution in [3.05, 3.63) is 100 Å². The van der Waals surface area contributed by atoms with Gasteiger partial charge in [0.1, 0.15) is 0 Å².